The molecule has 0 unspecified atom stereocenters. The van der Waals surface area contributed by atoms with Gasteiger partial charge in [0.05, 0.1) is 14.2 Å². The smallest absolute Gasteiger partial charge is 0.298 e. The first kappa shape index (κ1) is 21.7. The summed E-state index contributed by atoms with van der Waals surface area (Å²) < 4.78 is 7.04. The highest BCUT2D eigenvalue weighted by molar-refractivity contribution is 14.1. The monoisotopic (exact) mass is 563 g/mol. The molecule has 4 aromatic carbocycles. The molecule has 1 saturated heterocycles. The number of hydrogen-bond acceptors (Lipinski definition) is 4. The minimum Gasteiger partial charge on any atom is -0.488 e. The zero-order valence-electron chi connectivity index (χ0n) is 17.4. The lowest BCUT2D eigenvalue weighted by Gasteiger charge is -2.12. The van der Waals surface area contributed by atoms with E-state index in [1.165, 1.54) is 15.7 Å². The molecule has 0 saturated carbocycles. The van der Waals surface area contributed by atoms with Gasteiger partial charge in [-0.1, -0.05) is 66.7 Å². The average Bonchev–Trinajstić information content (AvgIpc) is 3.11. The Hall–Kier alpha value is -3.10. The molecule has 0 spiro atoms. The molecule has 0 aromatic heterocycles. The molecule has 1 heterocycles. The average molecular weight is 563 g/mol. The lowest BCUT2D eigenvalue weighted by Crippen LogP contribution is -2.27. The Morgan fingerprint density at radius 1 is 0.879 bits per heavy atom. The second kappa shape index (κ2) is 9.41. The third-order valence-corrected chi connectivity index (χ3v) is 7.04. The van der Waals surface area contributed by atoms with E-state index in [9.17, 15) is 9.59 Å². The number of thioether (sulfide) groups is 1. The molecule has 4 nitrogen and oxygen atoms in total. The number of imide groups is 1. The molecule has 162 valence electrons. The van der Waals surface area contributed by atoms with E-state index in [0.29, 0.717) is 17.2 Å². The van der Waals surface area contributed by atoms with Crippen molar-refractivity contribution in [2.24, 2.45) is 0 Å². The van der Waals surface area contributed by atoms with Crippen LogP contribution < -0.4 is 9.64 Å². The summed E-state index contributed by atoms with van der Waals surface area (Å²) in [4.78, 5) is 26.9. The van der Waals surface area contributed by atoms with Gasteiger partial charge in [-0.05, 0) is 86.6 Å². The Bertz CT molecular complexity index is 1400. The quantitative estimate of drug-likeness (QED) is 0.189. The highest BCUT2D eigenvalue weighted by atomic mass is 127. The van der Waals surface area contributed by atoms with Gasteiger partial charge >= 0.3 is 0 Å². The largest absolute Gasteiger partial charge is 0.488 e. The molecule has 1 aliphatic rings. The minimum atomic E-state index is -0.303. The molecule has 0 N–H and O–H groups in total. The van der Waals surface area contributed by atoms with Crippen LogP contribution in [0.5, 0.6) is 5.75 Å². The van der Waals surface area contributed by atoms with E-state index in [1.807, 2.05) is 54.6 Å². The topological polar surface area (TPSA) is 46.6 Å². The van der Waals surface area contributed by atoms with Gasteiger partial charge in [-0.15, -0.1) is 0 Å². The van der Waals surface area contributed by atoms with Crippen molar-refractivity contribution in [2.75, 3.05) is 4.90 Å². The number of carbonyl (C=O) groups excluding carboxylic acids is 2. The number of anilines is 1. The Balaban J connectivity index is 1.33. The molecule has 2 amide bonds. The molecule has 5 rings (SSSR count). The van der Waals surface area contributed by atoms with Crippen LogP contribution in [0.25, 0.3) is 16.8 Å². The van der Waals surface area contributed by atoms with Crippen LogP contribution in [0, 0.1) is 3.57 Å². The van der Waals surface area contributed by atoms with Crippen molar-refractivity contribution in [3.63, 3.8) is 0 Å². The van der Waals surface area contributed by atoms with Crippen LogP contribution in [0.15, 0.2) is 95.9 Å². The van der Waals surface area contributed by atoms with E-state index in [-0.39, 0.29) is 11.1 Å². The van der Waals surface area contributed by atoms with E-state index >= 15 is 0 Å². The highest BCUT2D eigenvalue weighted by Crippen LogP contribution is 2.36. The predicted octanol–water partition coefficient (Wildman–Crippen LogP) is 7.26. The van der Waals surface area contributed by atoms with Crippen LogP contribution >= 0.6 is 34.4 Å². The van der Waals surface area contributed by atoms with Crippen LogP contribution in [-0.2, 0) is 11.4 Å². The first-order chi connectivity index (χ1) is 16.1. The third-order valence-electron chi connectivity index (χ3n) is 5.32. The highest BCUT2D eigenvalue weighted by Gasteiger charge is 2.36. The number of nitrogens with zero attached hydrogens (tertiary/aromatic N) is 1. The van der Waals surface area contributed by atoms with Gasteiger partial charge in [-0.3, -0.25) is 9.59 Å². The lowest BCUT2D eigenvalue weighted by atomic mass is 10.1. The van der Waals surface area contributed by atoms with Crippen LogP contribution in [0.1, 0.15) is 11.1 Å². The summed E-state index contributed by atoms with van der Waals surface area (Å²) in [6.45, 7) is 0.465. The molecule has 33 heavy (non-hydrogen) atoms. The molecular weight excluding hydrogens is 545 g/mol. The first-order valence-electron chi connectivity index (χ1n) is 10.3. The van der Waals surface area contributed by atoms with Crippen LogP contribution in [0.2, 0.25) is 0 Å². The van der Waals surface area contributed by atoms with Crippen molar-refractivity contribution >= 4 is 68.0 Å². The summed E-state index contributed by atoms with van der Waals surface area (Å²) in [5.41, 5.74) is 2.55. The van der Waals surface area contributed by atoms with Gasteiger partial charge in [-0.25, -0.2) is 4.90 Å². The van der Waals surface area contributed by atoms with Gasteiger partial charge in [0.2, 0.25) is 0 Å². The summed E-state index contributed by atoms with van der Waals surface area (Å²) in [6, 6.07) is 29.2. The molecule has 0 radical (unpaired) electrons. The molecule has 0 bridgehead atoms. The van der Waals surface area contributed by atoms with Crippen molar-refractivity contribution in [1.82, 2.24) is 0 Å². The van der Waals surface area contributed by atoms with E-state index in [4.69, 9.17) is 4.74 Å². The number of carbonyl (C=O) groups is 2. The predicted molar refractivity (Wildman–Crippen MR) is 142 cm³/mol. The summed E-state index contributed by atoms with van der Waals surface area (Å²) in [5, 5.41) is 2.08. The molecular formula is C27H18INO3S. The Morgan fingerprint density at radius 3 is 2.45 bits per heavy atom. The Labute approximate surface area is 209 Å². The van der Waals surface area contributed by atoms with Crippen LogP contribution in [-0.4, -0.2) is 11.1 Å². The number of fused-ring (bicyclic) bond motifs is 1. The lowest BCUT2D eigenvalue weighted by molar-refractivity contribution is -0.113. The molecule has 0 atom stereocenters. The third kappa shape index (κ3) is 4.54. The van der Waals surface area contributed by atoms with E-state index in [0.717, 1.165) is 32.2 Å². The van der Waals surface area contributed by atoms with Gasteiger partial charge in [0, 0.05) is 0 Å². The minimum absolute atomic E-state index is 0.290. The van der Waals surface area contributed by atoms with Crippen LogP contribution in [0.4, 0.5) is 10.5 Å². The maximum atomic E-state index is 12.8. The molecule has 0 aliphatic carbocycles. The van der Waals surface area contributed by atoms with Gasteiger partial charge in [0.1, 0.15) is 12.4 Å². The fourth-order valence-electron chi connectivity index (χ4n) is 3.72. The number of hydrogen-bond donors (Lipinski definition) is 0. The van der Waals surface area contributed by atoms with Gasteiger partial charge in [0.15, 0.2) is 0 Å². The SMILES string of the molecule is O=C1S/C(=C\c2ccc(OCc3cccc4ccccc34)c(I)c2)C(=O)N1c1ccccc1. The zero-order valence-corrected chi connectivity index (χ0v) is 20.4. The standard InChI is InChI=1S/C27H18INO3S/c28-23-15-18(16-25-26(30)29(27(31)33-25)21-10-2-1-3-11-21)13-14-24(23)32-17-20-9-6-8-19-7-4-5-12-22(19)20/h1-16H,17H2/b25-16-. The summed E-state index contributed by atoms with van der Waals surface area (Å²) in [6.07, 6.45) is 1.75. The first-order valence-corrected chi connectivity index (χ1v) is 12.2. The fraction of sp³-hybridized carbons (Fsp3) is 0.0370. The van der Waals surface area contributed by atoms with Gasteiger partial charge in [0.25, 0.3) is 11.1 Å². The fourth-order valence-corrected chi connectivity index (χ4v) is 5.25. The van der Waals surface area contributed by atoms with Crippen molar-refractivity contribution in [1.29, 1.82) is 0 Å². The number of amides is 2. The Morgan fingerprint density at radius 2 is 1.64 bits per heavy atom. The van der Waals surface area contributed by atoms with Crippen molar-refractivity contribution in [2.45, 2.75) is 6.61 Å². The number of halogens is 1. The number of benzene rings is 4. The number of ether oxygens (including phenoxy) is 1. The van der Waals surface area contributed by atoms with Crippen molar-refractivity contribution < 1.29 is 14.3 Å². The Kier molecular flexibility index (Phi) is 6.20. The van der Waals surface area contributed by atoms with E-state index in [2.05, 4.69) is 46.9 Å². The normalized spacial score (nSPS) is 14.9. The summed E-state index contributed by atoms with van der Waals surface area (Å²) in [7, 11) is 0. The van der Waals surface area contributed by atoms with Gasteiger partial charge in [-0.2, -0.15) is 0 Å². The number of para-hydroxylation sites is 1. The summed E-state index contributed by atoms with van der Waals surface area (Å²) >= 11 is 3.19. The molecule has 4 aromatic rings. The van der Waals surface area contributed by atoms with Crippen molar-refractivity contribution in [3.8, 4) is 5.75 Å². The molecule has 6 heteroatoms. The second-order valence-electron chi connectivity index (χ2n) is 7.47. The maximum absolute atomic E-state index is 12.8. The second-order valence-corrected chi connectivity index (χ2v) is 9.62. The van der Waals surface area contributed by atoms with Gasteiger partial charge < -0.3 is 4.74 Å². The zero-order chi connectivity index (χ0) is 22.8. The molecule has 1 fully saturated rings. The maximum Gasteiger partial charge on any atom is 0.298 e. The molecule has 1 aliphatic heterocycles. The van der Waals surface area contributed by atoms with E-state index < -0.39 is 0 Å². The van der Waals surface area contributed by atoms with Crippen LogP contribution in [0.3, 0.4) is 0 Å². The van der Waals surface area contributed by atoms with Crippen molar-refractivity contribution in [3.05, 3.63) is 111 Å². The number of rotatable bonds is 5. The van der Waals surface area contributed by atoms with E-state index in [1.54, 1.807) is 18.2 Å². The summed E-state index contributed by atoms with van der Waals surface area (Å²) in [5.74, 6) is 0.473.